The first-order chi connectivity index (χ1) is 17.0. The average molecular weight is 576 g/mol. The fourth-order valence-corrected chi connectivity index (χ4v) is 3.59. The zero-order valence-electron chi connectivity index (χ0n) is 20.2. The van der Waals surface area contributed by atoms with E-state index in [0.29, 0.717) is 18.0 Å². The topological polar surface area (TPSA) is 147 Å². The molecular formula is C22H28Cl2FN7O4S. The summed E-state index contributed by atoms with van der Waals surface area (Å²) in [6.07, 6.45) is 4.22. The van der Waals surface area contributed by atoms with Gasteiger partial charge in [-0.3, -0.25) is 9.59 Å². The third kappa shape index (κ3) is 9.50. The first kappa shape index (κ1) is 30.4. The number of rotatable bonds is 6. The summed E-state index contributed by atoms with van der Waals surface area (Å²) >= 11 is 0. The van der Waals surface area contributed by atoms with Crippen molar-refractivity contribution in [1.82, 2.24) is 35.5 Å². The zero-order chi connectivity index (χ0) is 26.3. The van der Waals surface area contributed by atoms with Crippen molar-refractivity contribution >= 4 is 49.7 Å². The lowest BCUT2D eigenvalue weighted by Gasteiger charge is -2.22. The van der Waals surface area contributed by atoms with Crippen molar-refractivity contribution in [1.29, 1.82) is 0 Å². The van der Waals surface area contributed by atoms with Gasteiger partial charge in [-0.15, -0.1) is 12.4 Å². The maximum absolute atomic E-state index is 13.4. The van der Waals surface area contributed by atoms with E-state index in [4.69, 9.17) is 0 Å². The van der Waals surface area contributed by atoms with E-state index < -0.39 is 15.0 Å². The lowest BCUT2D eigenvalue weighted by molar-refractivity contribution is 0.0936. The third-order valence-electron chi connectivity index (χ3n) is 5.40. The summed E-state index contributed by atoms with van der Waals surface area (Å²) in [5.74, 6) is -0.508. The van der Waals surface area contributed by atoms with Gasteiger partial charge in [0.1, 0.15) is 23.5 Å². The van der Waals surface area contributed by atoms with Crippen LogP contribution in [-0.2, 0) is 15.6 Å². The Bertz CT molecular complexity index is 1340. The number of carbonyl (C=O) groups is 2. The van der Waals surface area contributed by atoms with E-state index >= 15 is 0 Å². The van der Waals surface area contributed by atoms with Gasteiger partial charge in [0, 0.05) is 29.8 Å². The largest absolute Gasteiger partial charge is 0.350 e. The first-order valence-electron chi connectivity index (χ1n) is 11.1. The monoisotopic (exact) mass is 575 g/mol. The predicted octanol–water partition coefficient (Wildman–Crippen LogP) is 1.84. The van der Waals surface area contributed by atoms with Crippen molar-refractivity contribution in [2.24, 2.45) is 5.92 Å². The van der Waals surface area contributed by atoms with Gasteiger partial charge in [0.15, 0.2) is 0 Å². The fourth-order valence-electron chi connectivity index (χ4n) is 3.59. The Kier molecular flexibility index (Phi) is 11.2. The van der Waals surface area contributed by atoms with E-state index in [2.05, 4.69) is 41.7 Å². The number of aromatic nitrogens is 4. The molecule has 11 nitrogen and oxygen atoms in total. The van der Waals surface area contributed by atoms with Gasteiger partial charge in [-0.25, -0.2) is 17.8 Å². The van der Waals surface area contributed by atoms with Gasteiger partial charge in [0.2, 0.25) is 9.05 Å². The van der Waals surface area contributed by atoms with Crippen molar-refractivity contribution in [2.75, 3.05) is 25.9 Å². The van der Waals surface area contributed by atoms with Crippen LogP contribution in [0.4, 0.5) is 4.39 Å². The van der Waals surface area contributed by atoms with Crippen LogP contribution in [0.5, 0.6) is 0 Å². The molecule has 4 rings (SSSR count). The second kappa shape index (κ2) is 13.6. The highest BCUT2D eigenvalue weighted by molar-refractivity contribution is 8.13. The summed E-state index contributed by atoms with van der Waals surface area (Å²) in [6, 6.07) is 6.05. The van der Waals surface area contributed by atoms with Gasteiger partial charge in [-0.05, 0) is 56.0 Å². The molecule has 1 aromatic carbocycles. The fraction of sp³-hybridized carbons (Fsp3) is 0.409. The van der Waals surface area contributed by atoms with Crippen LogP contribution in [0.2, 0.25) is 0 Å². The van der Waals surface area contributed by atoms with E-state index in [0.717, 1.165) is 37.8 Å². The molecule has 1 saturated heterocycles. The van der Waals surface area contributed by atoms with Gasteiger partial charge in [0.25, 0.3) is 17.6 Å². The molecule has 0 atom stereocenters. The summed E-state index contributed by atoms with van der Waals surface area (Å²) in [5.41, 5.74) is 1.52. The molecule has 37 heavy (non-hydrogen) atoms. The van der Waals surface area contributed by atoms with Gasteiger partial charge in [-0.1, -0.05) is 12.1 Å². The van der Waals surface area contributed by atoms with Gasteiger partial charge < -0.3 is 16.0 Å². The van der Waals surface area contributed by atoms with Gasteiger partial charge in [-0.2, -0.15) is 14.6 Å². The molecule has 1 aliphatic heterocycles. The molecule has 0 bridgehead atoms. The highest BCUT2D eigenvalue weighted by atomic mass is 35.7. The van der Waals surface area contributed by atoms with Gasteiger partial charge in [0.05, 0.1) is 6.26 Å². The minimum absolute atomic E-state index is 0. The molecule has 202 valence electrons. The molecule has 0 radical (unpaired) electrons. The third-order valence-corrected chi connectivity index (χ3v) is 5.40. The molecular weight excluding hydrogens is 548 g/mol. The molecule has 0 aliphatic carbocycles. The molecule has 3 aromatic rings. The maximum Gasteiger partial charge on any atom is 0.270 e. The van der Waals surface area contributed by atoms with Crippen LogP contribution < -0.4 is 16.0 Å². The number of nitrogens with zero attached hydrogens (tertiary/aromatic N) is 4. The molecule has 0 saturated carbocycles. The van der Waals surface area contributed by atoms with E-state index in [1.807, 2.05) is 0 Å². The molecule has 15 heteroatoms. The zero-order valence-corrected chi connectivity index (χ0v) is 22.6. The van der Waals surface area contributed by atoms with Crippen LogP contribution in [0, 0.1) is 18.7 Å². The van der Waals surface area contributed by atoms with Crippen LogP contribution in [0.15, 0.2) is 30.6 Å². The van der Waals surface area contributed by atoms with Crippen molar-refractivity contribution < 1.29 is 22.4 Å². The molecule has 0 unspecified atom stereocenters. The number of carbonyl (C=O) groups excluding carboxylic acids is 2. The average Bonchev–Trinajstić information content (AvgIpc) is 3.31. The maximum atomic E-state index is 13.4. The van der Waals surface area contributed by atoms with Crippen molar-refractivity contribution in [2.45, 2.75) is 26.3 Å². The number of piperidine rings is 1. The summed E-state index contributed by atoms with van der Waals surface area (Å²) in [5, 5.41) is 13.0. The smallest absolute Gasteiger partial charge is 0.270 e. The number of halogens is 3. The molecule has 2 aromatic heterocycles. The predicted molar refractivity (Wildman–Crippen MR) is 139 cm³/mol. The summed E-state index contributed by atoms with van der Waals surface area (Å²) in [4.78, 5) is 33.7. The highest BCUT2D eigenvalue weighted by Crippen LogP contribution is 2.12. The molecule has 0 spiro atoms. The minimum Gasteiger partial charge on any atom is -0.350 e. The van der Waals surface area contributed by atoms with E-state index in [1.54, 1.807) is 19.1 Å². The molecule has 3 heterocycles. The lowest BCUT2D eigenvalue weighted by atomic mass is 9.98. The van der Waals surface area contributed by atoms with Gasteiger partial charge >= 0.3 is 0 Å². The standard InChI is InChI=1S/C21H24FN7O2.CH3ClO2S.ClH/c1-13-8-15(2-3-16(13)22)11-24-19(30)17-9-18(29-21(28-17)26-12-27-29)20(31)25-10-14-4-6-23-7-5-14;1-5(2,3)4;/h2-3,8-9,12,14,23H,4-7,10-11H2,1H3,(H,24,30)(H,25,31);1H3;1H. The lowest BCUT2D eigenvalue weighted by Crippen LogP contribution is -2.36. The first-order valence-corrected chi connectivity index (χ1v) is 13.9. The van der Waals surface area contributed by atoms with Crippen LogP contribution >= 0.6 is 23.1 Å². The number of nitrogens with one attached hydrogen (secondary N) is 3. The van der Waals surface area contributed by atoms with Crippen LogP contribution in [-0.4, -0.2) is 65.7 Å². The Labute approximate surface area is 224 Å². The summed E-state index contributed by atoms with van der Waals surface area (Å²) in [6.45, 7) is 4.32. The number of fused-ring (bicyclic) bond motifs is 1. The molecule has 2 amide bonds. The Morgan fingerprint density at radius 1 is 1.19 bits per heavy atom. The number of aryl methyl sites for hydroxylation is 1. The Balaban J connectivity index is 0.000000734. The Hall–Kier alpha value is -2.87. The van der Waals surface area contributed by atoms with Crippen molar-refractivity contribution in [3.05, 3.63) is 58.9 Å². The second-order valence-electron chi connectivity index (χ2n) is 8.35. The normalized spacial score (nSPS) is 13.7. The summed E-state index contributed by atoms with van der Waals surface area (Å²) < 4.78 is 33.5. The number of hydrogen-bond donors (Lipinski definition) is 3. The number of amides is 2. The van der Waals surface area contributed by atoms with Crippen LogP contribution in [0.25, 0.3) is 5.78 Å². The quantitative estimate of drug-likeness (QED) is 0.377. The highest BCUT2D eigenvalue weighted by Gasteiger charge is 2.20. The number of benzene rings is 1. The molecule has 1 fully saturated rings. The summed E-state index contributed by atoms with van der Waals surface area (Å²) in [7, 11) is 1.31. The SMILES string of the molecule is CS(=O)(=O)Cl.Cc1cc(CNC(=O)c2cc(C(=O)NCC3CCNCC3)n3ncnc3n2)ccc1F.Cl. The van der Waals surface area contributed by atoms with E-state index in [-0.39, 0.29) is 47.8 Å². The second-order valence-corrected chi connectivity index (χ2v) is 11.4. The minimum atomic E-state index is -3.19. The Morgan fingerprint density at radius 3 is 2.51 bits per heavy atom. The van der Waals surface area contributed by atoms with Crippen molar-refractivity contribution in [3.8, 4) is 0 Å². The molecule has 3 N–H and O–H groups in total. The van der Waals surface area contributed by atoms with Crippen molar-refractivity contribution in [3.63, 3.8) is 0 Å². The Morgan fingerprint density at radius 2 is 1.86 bits per heavy atom. The van der Waals surface area contributed by atoms with Crippen LogP contribution in [0.1, 0.15) is 44.9 Å². The molecule has 1 aliphatic rings. The van der Waals surface area contributed by atoms with E-state index in [9.17, 15) is 22.4 Å². The van der Waals surface area contributed by atoms with Crippen LogP contribution in [0.3, 0.4) is 0 Å². The van der Waals surface area contributed by atoms with E-state index in [1.165, 1.54) is 23.0 Å². The number of hydrogen-bond acceptors (Lipinski definition) is 8.